The first-order chi connectivity index (χ1) is 7.08. The van der Waals surface area contributed by atoms with Crippen LogP contribution in [0.1, 0.15) is 47.5 Å². The lowest BCUT2D eigenvalue weighted by Gasteiger charge is -2.31. The maximum absolute atomic E-state index is 6.49. The summed E-state index contributed by atoms with van der Waals surface area (Å²) >= 11 is 0. The van der Waals surface area contributed by atoms with Crippen molar-refractivity contribution in [2.24, 2.45) is 5.92 Å². The summed E-state index contributed by atoms with van der Waals surface area (Å²) in [7, 11) is -1.42. The minimum Gasteiger partial charge on any atom is -0.546 e. The second-order valence-electron chi connectivity index (χ2n) is 4.93. The summed E-state index contributed by atoms with van der Waals surface area (Å²) in [6, 6.07) is 3.76. The molecule has 0 N–H and O–H groups in total. The van der Waals surface area contributed by atoms with E-state index >= 15 is 0 Å². The Morgan fingerprint density at radius 2 is 1.73 bits per heavy atom. The molecule has 2 heteroatoms. The van der Waals surface area contributed by atoms with Crippen LogP contribution in [0.15, 0.2) is 11.3 Å². The predicted octanol–water partition coefficient (Wildman–Crippen LogP) is 4.71. The summed E-state index contributed by atoms with van der Waals surface area (Å²) in [6.07, 6.45) is 2.54. The van der Waals surface area contributed by atoms with Crippen LogP contribution >= 0.6 is 0 Å². The number of hydrogen-bond acceptors (Lipinski definition) is 1. The number of rotatable bonds is 5. The molecule has 0 aromatic heterocycles. The zero-order valence-electron chi connectivity index (χ0n) is 11.0. The minimum atomic E-state index is -1.42. The Bertz CT molecular complexity index is 233. The molecule has 1 atom stereocenters. The van der Waals surface area contributed by atoms with Crippen LogP contribution in [0.3, 0.4) is 0 Å². The first-order valence-corrected chi connectivity index (χ1v) is 9.00. The van der Waals surface area contributed by atoms with Crippen LogP contribution in [0.5, 0.6) is 0 Å². The van der Waals surface area contributed by atoms with Crippen molar-refractivity contribution in [2.75, 3.05) is 0 Å². The number of hydrogen-bond donors (Lipinski definition) is 0. The van der Waals surface area contributed by atoms with Gasteiger partial charge in [0.05, 0.1) is 5.76 Å². The van der Waals surface area contributed by atoms with E-state index in [0.717, 1.165) is 0 Å². The average molecular weight is 226 g/mol. The molecular weight excluding hydrogens is 200 g/mol. The number of allylic oxidation sites excluding steroid dienone is 2. The van der Waals surface area contributed by atoms with Crippen molar-refractivity contribution in [1.29, 1.82) is 0 Å². The zero-order valence-corrected chi connectivity index (χ0v) is 12.0. The van der Waals surface area contributed by atoms with Gasteiger partial charge in [0.1, 0.15) is 0 Å². The molecule has 0 radical (unpaired) electrons. The highest BCUT2D eigenvalue weighted by molar-refractivity contribution is 6.73. The maximum Gasteiger partial charge on any atom is 0.250 e. The lowest BCUT2D eigenvalue weighted by Crippen LogP contribution is -2.36. The van der Waals surface area contributed by atoms with Crippen molar-refractivity contribution in [2.45, 2.75) is 65.6 Å². The largest absolute Gasteiger partial charge is 0.546 e. The van der Waals surface area contributed by atoms with Gasteiger partial charge in [-0.25, -0.2) is 0 Å². The molecule has 0 bridgehead atoms. The highest BCUT2D eigenvalue weighted by atomic mass is 28.4. The normalized spacial score (nSPS) is 22.3. The highest BCUT2D eigenvalue weighted by Crippen LogP contribution is 2.36. The SMILES string of the molecule is CC[Si](CC)(CC)OC1=C(C)CCC1C. The van der Waals surface area contributed by atoms with Crippen LogP contribution in [0, 0.1) is 5.92 Å². The molecule has 1 aliphatic carbocycles. The molecule has 0 amide bonds. The molecule has 0 heterocycles. The van der Waals surface area contributed by atoms with E-state index in [-0.39, 0.29) is 0 Å². The molecule has 1 nitrogen and oxygen atoms in total. The van der Waals surface area contributed by atoms with Gasteiger partial charge in [-0.2, -0.15) is 0 Å². The molecule has 88 valence electrons. The van der Waals surface area contributed by atoms with E-state index in [1.54, 1.807) is 0 Å². The third kappa shape index (κ3) is 2.66. The van der Waals surface area contributed by atoms with E-state index in [9.17, 15) is 0 Å². The molecule has 0 saturated carbocycles. The van der Waals surface area contributed by atoms with Gasteiger partial charge in [0.15, 0.2) is 0 Å². The molecule has 0 aliphatic heterocycles. The van der Waals surface area contributed by atoms with Crippen LogP contribution in [-0.4, -0.2) is 8.32 Å². The molecule has 15 heavy (non-hydrogen) atoms. The fourth-order valence-corrected chi connectivity index (χ4v) is 5.27. The average Bonchev–Trinajstić information content (AvgIpc) is 2.57. The Morgan fingerprint density at radius 3 is 2.07 bits per heavy atom. The Kier molecular flexibility index (Phi) is 4.44. The molecule has 0 fully saturated rings. The molecular formula is C13H26OSi. The van der Waals surface area contributed by atoms with Gasteiger partial charge in [-0.15, -0.1) is 0 Å². The Balaban J connectivity index is 2.78. The lowest BCUT2D eigenvalue weighted by molar-refractivity contribution is 0.348. The summed E-state index contributed by atoms with van der Waals surface area (Å²) < 4.78 is 6.49. The van der Waals surface area contributed by atoms with Crippen molar-refractivity contribution < 1.29 is 4.43 Å². The van der Waals surface area contributed by atoms with Gasteiger partial charge in [0.25, 0.3) is 0 Å². The fourth-order valence-electron chi connectivity index (χ4n) is 2.50. The topological polar surface area (TPSA) is 9.23 Å². The van der Waals surface area contributed by atoms with Gasteiger partial charge in [0, 0.05) is 5.92 Å². The Hall–Kier alpha value is -0.243. The second kappa shape index (κ2) is 5.20. The Morgan fingerprint density at radius 1 is 1.20 bits per heavy atom. The van der Waals surface area contributed by atoms with Gasteiger partial charge in [-0.3, -0.25) is 0 Å². The summed E-state index contributed by atoms with van der Waals surface area (Å²) in [6.45, 7) is 11.5. The monoisotopic (exact) mass is 226 g/mol. The van der Waals surface area contributed by atoms with Crippen molar-refractivity contribution in [3.8, 4) is 0 Å². The fraction of sp³-hybridized carbons (Fsp3) is 0.846. The molecule has 0 spiro atoms. The van der Waals surface area contributed by atoms with Crippen molar-refractivity contribution in [1.82, 2.24) is 0 Å². The van der Waals surface area contributed by atoms with E-state index in [4.69, 9.17) is 4.43 Å². The zero-order chi connectivity index (χ0) is 11.5. The van der Waals surface area contributed by atoms with Gasteiger partial charge in [-0.1, -0.05) is 27.7 Å². The van der Waals surface area contributed by atoms with Crippen LogP contribution in [0.25, 0.3) is 0 Å². The summed E-state index contributed by atoms with van der Waals surface area (Å²) in [5.74, 6) is 2.02. The van der Waals surface area contributed by atoms with E-state index < -0.39 is 8.32 Å². The van der Waals surface area contributed by atoms with Gasteiger partial charge in [-0.05, 0) is 43.5 Å². The second-order valence-corrected chi connectivity index (χ2v) is 9.62. The smallest absolute Gasteiger partial charge is 0.250 e. The molecule has 1 unspecified atom stereocenters. The first kappa shape index (κ1) is 12.8. The van der Waals surface area contributed by atoms with Gasteiger partial charge in [0.2, 0.25) is 8.32 Å². The summed E-state index contributed by atoms with van der Waals surface area (Å²) in [5.41, 5.74) is 1.51. The van der Waals surface area contributed by atoms with E-state index in [1.165, 1.54) is 42.3 Å². The summed E-state index contributed by atoms with van der Waals surface area (Å²) in [4.78, 5) is 0. The van der Waals surface area contributed by atoms with E-state index in [0.29, 0.717) is 5.92 Å². The standard InChI is InChI=1S/C13H26OSi/c1-6-15(7-2,8-3)14-13-11(4)9-10-12(13)5/h11H,6-10H2,1-5H3. The third-order valence-corrected chi connectivity index (χ3v) is 8.60. The van der Waals surface area contributed by atoms with Gasteiger partial charge >= 0.3 is 0 Å². The molecule has 1 aliphatic rings. The van der Waals surface area contributed by atoms with Crippen LogP contribution < -0.4 is 0 Å². The highest BCUT2D eigenvalue weighted by Gasteiger charge is 2.34. The quantitative estimate of drug-likeness (QED) is 0.617. The van der Waals surface area contributed by atoms with Crippen molar-refractivity contribution in [3.05, 3.63) is 11.3 Å². The maximum atomic E-state index is 6.49. The molecule has 0 saturated heterocycles. The summed E-state index contributed by atoms with van der Waals surface area (Å²) in [5, 5.41) is 0. The Labute approximate surface area is 96.0 Å². The molecule has 0 aromatic rings. The van der Waals surface area contributed by atoms with Crippen molar-refractivity contribution in [3.63, 3.8) is 0 Å². The molecule has 0 aromatic carbocycles. The van der Waals surface area contributed by atoms with E-state index in [2.05, 4.69) is 34.6 Å². The van der Waals surface area contributed by atoms with E-state index in [1.807, 2.05) is 0 Å². The molecule has 1 rings (SSSR count). The first-order valence-electron chi connectivity index (χ1n) is 6.47. The predicted molar refractivity (Wildman–Crippen MR) is 69.4 cm³/mol. The van der Waals surface area contributed by atoms with Crippen LogP contribution in [0.2, 0.25) is 18.1 Å². The minimum absolute atomic E-state index is 0.668. The third-order valence-electron chi connectivity index (χ3n) is 4.08. The van der Waals surface area contributed by atoms with Crippen LogP contribution in [0.4, 0.5) is 0 Å². The van der Waals surface area contributed by atoms with Crippen molar-refractivity contribution >= 4 is 8.32 Å². The lowest BCUT2D eigenvalue weighted by atomic mass is 10.1. The van der Waals surface area contributed by atoms with Gasteiger partial charge < -0.3 is 4.43 Å². The van der Waals surface area contributed by atoms with Crippen LogP contribution in [-0.2, 0) is 4.43 Å².